The van der Waals surface area contributed by atoms with E-state index < -0.39 is 5.82 Å². The lowest BCUT2D eigenvalue weighted by molar-refractivity contribution is 0.0539. The van der Waals surface area contributed by atoms with Gasteiger partial charge < -0.3 is 5.11 Å². The van der Waals surface area contributed by atoms with Crippen LogP contribution in [0.4, 0.5) is 4.39 Å². The highest BCUT2D eigenvalue weighted by Gasteiger charge is 2.34. The Labute approximate surface area is 113 Å². The molecule has 0 aliphatic carbocycles. The number of piperazine rings is 1. The smallest absolute Gasteiger partial charge is 0.165 e. The highest BCUT2D eigenvalue weighted by molar-refractivity contribution is 5.28. The van der Waals surface area contributed by atoms with Crippen LogP contribution in [0.3, 0.4) is 0 Å². The largest absolute Gasteiger partial charge is 0.505 e. The molecule has 0 radical (unpaired) electrons. The zero-order valence-electron chi connectivity index (χ0n) is 11.3. The number of fused-ring (bicyclic) bond motifs is 1. The van der Waals surface area contributed by atoms with Crippen molar-refractivity contribution in [2.75, 3.05) is 19.6 Å². The summed E-state index contributed by atoms with van der Waals surface area (Å²) in [5.41, 5.74) is 0.939. The highest BCUT2D eigenvalue weighted by Crippen LogP contribution is 2.26. The molecule has 0 amide bonds. The van der Waals surface area contributed by atoms with E-state index in [1.807, 2.05) is 6.07 Å². The van der Waals surface area contributed by atoms with Crippen LogP contribution in [0.15, 0.2) is 18.2 Å². The van der Waals surface area contributed by atoms with Crippen LogP contribution in [-0.4, -0.2) is 46.6 Å². The molecule has 2 fully saturated rings. The van der Waals surface area contributed by atoms with Crippen LogP contribution in [0.1, 0.15) is 25.3 Å². The predicted octanol–water partition coefficient (Wildman–Crippen LogP) is 2.20. The summed E-state index contributed by atoms with van der Waals surface area (Å²) in [6, 6.07) is 5.89. The standard InChI is InChI=1S/C15H21FN2O/c1-11-8-17-6-2-3-13(17)10-18(11)9-12-4-5-15(19)14(16)7-12/h4-5,7,11,13,19H,2-3,6,8-10H2,1H3. The third-order valence-electron chi connectivity index (χ3n) is 4.46. The molecule has 1 N–H and O–H groups in total. The van der Waals surface area contributed by atoms with E-state index in [1.54, 1.807) is 0 Å². The van der Waals surface area contributed by atoms with Crippen molar-refractivity contribution in [1.29, 1.82) is 0 Å². The molecule has 0 saturated carbocycles. The Morgan fingerprint density at radius 2 is 2.21 bits per heavy atom. The second kappa shape index (κ2) is 5.10. The van der Waals surface area contributed by atoms with E-state index in [4.69, 9.17) is 0 Å². The fourth-order valence-corrected chi connectivity index (χ4v) is 3.35. The van der Waals surface area contributed by atoms with Gasteiger partial charge in [-0.15, -0.1) is 0 Å². The van der Waals surface area contributed by atoms with Crippen LogP contribution in [0.5, 0.6) is 5.75 Å². The van der Waals surface area contributed by atoms with E-state index in [0.29, 0.717) is 12.1 Å². The van der Waals surface area contributed by atoms with Crippen LogP contribution in [-0.2, 0) is 6.54 Å². The topological polar surface area (TPSA) is 26.7 Å². The normalized spacial score (nSPS) is 28.5. The van der Waals surface area contributed by atoms with Gasteiger partial charge >= 0.3 is 0 Å². The maximum absolute atomic E-state index is 13.4. The molecule has 0 spiro atoms. The molecule has 2 atom stereocenters. The number of benzene rings is 1. The lowest BCUT2D eigenvalue weighted by Gasteiger charge is -2.42. The maximum Gasteiger partial charge on any atom is 0.165 e. The average Bonchev–Trinajstić information content (AvgIpc) is 2.81. The third-order valence-corrected chi connectivity index (χ3v) is 4.46. The summed E-state index contributed by atoms with van der Waals surface area (Å²) in [5, 5.41) is 9.23. The summed E-state index contributed by atoms with van der Waals surface area (Å²) in [5.74, 6) is -0.790. The molecule has 2 aliphatic heterocycles. The van der Waals surface area contributed by atoms with Crippen LogP contribution in [0.25, 0.3) is 0 Å². The molecule has 4 heteroatoms. The first-order chi connectivity index (χ1) is 9.13. The fraction of sp³-hybridized carbons (Fsp3) is 0.600. The molecule has 0 aromatic heterocycles. The molecule has 0 bridgehead atoms. The predicted molar refractivity (Wildman–Crippen MR) is 72.5 cm³/mol. The second-order valence-electron chi connectivity index (χ2n) is 5.86. The van der Waals surface area contributed by atoms with Gasteiger partial charge in [0.2, 0.25) is 0 Å². The van der Waals surface area contributed by atoms with Crippen molar-refractivity contribution in [3.8, 4) is 5.75 Å². The van der Waals surface area contributed by atoms with E-state index in [9.17, 15) is 9.50 Å². The SMILES string of the molecule is CC1CN2CCCC2CN1Cc1ccc(O)c(F)c1. The van der Waals surface area contributed by atoms with Gasteiger partial charge in [-0.05, 0) is 44.0 Å². The first-order valence-electron chi connectivity index (χ1n) is 7.09. The van der Waals surface area contributed by atoms with Crippen molar-refractivity contribution in [1.82, 2.24) is 9.80 Å². The van der Waals surface area contributed by atoms with Crippen LogP contribution >= 0.6 is 0 Å². The van der Waals surface area contributed by atoms with Gasteiger partial charge in [0, 0.05) is 31.7 Å². The van der Waals surface area contributed by atoms with Gasteiger partial charge in [-0.3, -0.25) is 9.80 Å². The monoisotopic (exact) mass is 264 g/mol. The third kappa shape index (κ3) is 2.60. The van der Waals surface area contributed by atoms with Gasteiger partial charge in [0.25, 0.3) is 0 Å². The molecule has 1 aromatic rings. The number of aromatic hydroxyl groups is 1. The van der Waals surface area contributed by atoms with E-state index >= 15 is 0 Å². The zero-order chi connectivity index (χ0) is 13.4. The Balaban J connectivity index is 1.70. The highest BCUT2D eigenvalue weighted by atomic mass is 19.1. The van der Waals surface area contributed by atoms with E-state index in [1.165, 1.54) is 31.5 Å². The van der Waals surface area contributed by atoms with E-state index in [0.717, 1.165) is 25.2 Å². The Morgan fingerprint density at radius 1 is 1.37 bits per heavy atom. The van der Waals surface area contributed by atoms with Crippen molar-refractivity contribution >= 4 is 0 Å². The Kier molecular flexibility index (Phi) is 3.46. The van der Waals surface area contributed by atoms with Gasteiger partial charge in [-0.2, -0.15) is 0 Å². The Hall–Kier alpha value is -1.13. The molecule has 2 heterocycles. The first kappa shape index (κ1) is 12.9. The van der Waals surface area contributed by atoms with Gasteiger partial charge in [0.1, 0.15) is 0 Å². The minimum absolute atomic E-state index is 0.266. The van der Waals surface area contributed by atoms with Crippen LogP contribution in [0.2, 0.25) is 0 Å². The first-order valence-corrected chi connectivity index (χ1v) is 7.09. The number of hydrogen-bond acceptors (Lipinski definition) is 3. The molecule has 2 unspecified atom stereocenters. The lowest BCUT2D eigenvalue weighted by Crippen LogP contribution is -2.54. The number of rotatable bonds is 2. The molecule has 1 aromatic carbocycles. The van der Waals surface area contributed by atoms with E-state index in [-0.39, 0.29) is 5.75 Å². The van der Waals surface area contributed by atoms with Crippen LogP contribution < -0.4 is 0 Å². The maximum atomic E-state index is 13.4. The molecule has 2 aliphatic rings. The summed E-state index contributed by atoms with van der Waals surface area (Å²) >= 11 is 0. The average molecular weight is 264 g/mol. The number of hydrogen-bond donors (Lipinski definition) is 1. The number of phenolic OH excluding ortho intramolecular Hbond substituents is 1. The summed E-state index contributed by atoms with van der Waals surface area (Å²) in [4.78, 5) is 5.01. The Morgan fingerprint density at radius 3 is 3.00 bits per heavy atom. The van der Waals surface area contributed by atoms with Gasteiger partial charge in [0.05, 0.1) is 0 Å². The number of phenols is 1. The van der Waals surface area contributed by atoms with Gasteiger partial charge in [-0.1, -0.05) is 6.07 Å². The van der Waals surface area contributed by atoms with Gasteiger partial charge in [0.15, 0.2) is 11.6 Å². The van der Waals surface area contributed by atoms with Crippen molar-refractivity contribution in [3.05, 3.63) is 29.6 Å². The molecular weight excluding hydrogens is 243 g/mol. The van der Waals surface area contributed by atoms with Crippen molar-refractivity contribution in [2.24, 2.45) is 0 Å². The summed E-state index contributed by atoms with van der Waals surface area (Å²) in [6.45, 7) is 6.43. The second-order valence-corrected chi connectivity index (χ2v) is 5.86. The Bertz CT molecular complexity index is 465. The molecule has 2 saturated heterocycles. The molecular formula is C15H21FN2O. The molecule has 3 rings (SSSR count). The van der Waals surface area contributed by atoms with Crippen molar-refractivity contribution in [2.45, 2.75) is 38.4 Å². The summed E-state index contributed by atoms with van der Waals surface area (Å²) < 4.78 is 13.4. The van der Waals surface area contributed by atoms with Crippen molar-refractivity contribution < 1.29 is 9.50 Å². The van der Waals surface area contributed by atoms with Gasteiger partial charge in [-0.25, -0.2) is 4.39 Å². The van der Waals surface area contributed by atoms with Crippen LogP contribution in [0, 0.1) is 5.82 Å². The fourth-order valence-electron chi connectivity index (χ4n) is 3.35. The molecule has 104 valence electrons. The van der Waals surface area contributed by atoms with E-state index in [2.05, 4.69) is 16.7 Å². The molecule has 3 nitrogen and oxygen atoms in total. The number of halogens is 1. The number of nitrogens with zero attached hydrogens (tertiary/aromatic N) is 2. The minimum atomic E-state index is -0.523. The zero-order valence-corrected chi connectivity index (χ0v) is 11.3. The lowest BCUT2D eigenvalue weighted by atomic mass is 10.1. The van der Waals surface area contributed by atoms with Crippen molar-refractivity contribution in [3.63, 3.8) is 0 Å². The summed E-state index contributed by atoms with van der Waals surface area (Å²) in [6.07, 6.45) is 2.59. The summed E-state index contributed by atoms with van der Waals surface area (Å²) in [7, 11) is 0. The minimum Gasteiger partial charge on any atom is -0.505 e. The molecule has 19 heavy (non-hydrogen) atoms. The quantitative estimate of drug-likeness (QED) is 0.887.